The van der Waals surface area contributed by atoms with Gasteiger partial charge in [0.25, 0.3) is 0 Å². The first-order chi connectivity index (χ1) is 12.9. The van der Waals surface area contributed by atoms with E-state index in [1.807, 2.05) is 31.2 Å². The minimum atomic E-state index is -3.66. The van der Waals surface area contributed by atoms with Gasteiger partial charge in [0.1, 0.15) is 0 Å². The Morgan fingerprint density at radius 1 is 1.15 bits per heavy atom. The van der Waals surface area contributed by atoms with Crippen molar-refractivity contribution in [2.24, 2.45) is 0 Å². The van der Waals surface area contributed by atoms with Crippen molar-refractivity contribution < 1.29 is 13.2 Å². The van der Waals surface area contributed by atoms with Gasteiger partial charge in [-0.25, -0.2) is 8.42 Å². The lowest BCUT2D eigenvalue weighted by Gasteiger charge is -2.34. The normalized spacial score (nSPS) is 18.2. The summed E-state index contributed by atoms with van der Waals surface area (Å²) in [4.78, 5) is 12.7. The summed E-state index contributed by atoms with van der Waals surface area (Å²) in [6, 6.07) is 13.4. The summed E-state index contributed by atoms with van der Waals surface area (Å²) in [7, 11) is -3.66. The summed E-state index contributed by atoms with van der Waals surface area (Å²) < 4.78 is 27.6. The van der Waals surface area contributed by atoms with Crippen molar-refractivity contribution in [1.82, 2.24) is 4.31 Å². The molecule has 1 aliphatic rings. The van der Waals surface area contributed by atoms with Gasteiger partial charge in [-0.3, -0.25) is 4.79 Å². The molecule has 0 radical (unpaired) electrons. The molecule has 1 N–H and O–H groups in total. The topological polar surface area (TPSA) is 66.5 Å². The summed E-state index contributed by atoms with van der Waals surface area (Å²) in [6.45, 7) is 2.35. The van der Waals surface area contributed by atoms with Crippen LogP contribution in [-0.4, -0.2) is 31.2 Å². The van der Waals surface area contributed by atoms with Crippen molar-refractivity contribution in [1.29, 1.82) is 0 Å². The Hall–Kier alpha value is -1.89. The fourth-order valence-electron chi connectivity index (χ4n) is 3.36. The number of rotatable bonds is 5. The summed E-state index contributed by atoms with van der Waals surface area (Å²) >= 11 is 5.87. The summed E-state index contributed by atoms with van der Waals surface area (Å²) in [5, 5.41) is 3.39. The molecule has 27 heavy (non-hydrogen) atoms. The fraction of sp³-hybridized carbons (Fsp3) is 0.350. The first-order valence-electron chi connectivity index (χ1n) is 9.01. The molecule has 1 amide bonds. The first kappa shape index (κ1) is 19.9. The van der Waals surface area contributed by atoms with E-state index in [-0.39, 0.29) is 23.3 Å². The predicted octanol–water partition coefficient (Wildman–Crippen LogP) is 4.22. The number of carbonyl (C=O) groups excluding carboxylic acids is 1. The minimum Gasteiger partial charge on any atom is -0.326 e. The van der Waals surface area contributed by atoms with Crippen LogP contribution in [0.25, 0.3) is 0 Å². The molecule has 0 spiro atoms. The largest absolute Gasteiger partial charge is 0.326 e. The molecular formula is C20H23ClN2O3S. The number of aryl methyl sites for hydroxylation is 1. The van der Waals surface area contributed by atoms with Gasteiger partial charge in [-0.05, 0) is 55.7 Å². The molecule has 0 aliphatic carbocycles. The van der Waals surface area contributed by atoms with Crippen LogP contribution in [0.2, 0.25) is 5.02 Å². The Morgan fingerprint density at radius 2 is 1.85 bits per heavy atom. The van der Waals surface area contributed by atoms with E-state index < -0.39 is 10.0 Å². The van der Waals surface area contributed by atoms with E-state index in [4.69, 9.17) is 11.6 Å². The lowest BCUT2D eigenvalue weighted by atomic mass is 10.0. The first-order valence-corrected chi connectivity index (χ1v) is 10.8. The van der Waals surface area contributed by atoms with E-state index in [1.165, 1.54) is 16.4 Å². The Kier molecular flexibility index (Phi) is 6.19. The summed E-state index contributed by atoms with van der Waals surface area (Å²) in [5.41, 5.74) is 1.73. The lowest BCUT2D eigenvalue weighted by Crippen LogP contribution is -2.45. The van der Waals surface area contributed by atoms with Gasteiger partial charge in [-0.2, -0.15) is 4.31 Å². The molecule has 3 rings (SSSR count). The zero-order chi connectivity index (χ0) is 19.4. The molecule has 1 fully saturated rings. The number of hydrogen-bond acceptors (Lipinski definition) is 3. The van der Waals surface area contributed by atoms with Crippen molar-refractivity contribution in [3.05, 3.63) is 59.1 Å². The van der Waals surface area contributed by atoms with Crippen molar-refractivity contribution in [2.45, 2.75) is 43.5 Å². The Morgan fingerprint density at radius 3 is 2.56 bits per heavy atom. The Labute approximate surface area is 165 Å². The maximum Gasteiger partial charge on any atom is 0.243 e. The smallest absolute Gasteiger partial charge is 0.243 e. The highest BCUT2D eigenvalue weighted by atomic mass is 35.5. The molecule has 2 aromatic rings. The lowest BCUT2D eigenvalue weighted by molar-refractivity contribution is -0.117. The van der Waals surface area contributed by atoms with Crippen LogP contribution in [0.5, 0.6) is 0 Å². The van der Waals surface area contributed by atoms with Crippen molar-refractivity contribution >= 4 is 33.2 Å². The van der Waals surface area contributed by atoms with Crippen molar-refractivity contribution in [3.8, 4) is 0 Å². The highest BCUT2D eigenvalue weighted by Gasteiger charge is 2.34. The van der Waals surface area contributed by atoms with Gasteiger partial charge < -0.3 is 5.32 Å². The van der Waals surface area contributed by atoms with Crippen LogP contribution in [0.4, 0.5) is 5.69 Å². The molecule has 0 saturated carbocycles. The molecule has 2 aromatic carbocycles. The maximum atomic E-state index is 13.1. The molecule has 7 heteroatoms. The van der Waals surface area contributed by atoms with E-state index in [2.05, 4.69) is 5.32 Å². The standard InChI is InChI=1S/C20H23ClN2O3S/c1-15-6-2-3-8-19(15)22-20(24)14-17-7-4-5-13-23(17)27(25,26)18-11-9-16(21)10-12-18/h2-3,6,8-12,17H,4-5,7,13-14H2,1H3,(H,22,24)/t17-/m0/s1. The molecule has 0 unspecified atom stereocenters. The number of para-hydroxylation sites is 1. The van der Waals surface area contributed by atoms with Gasteiger partial charge in [0, 0.05) is 29.7 Å². The molecule has 5 nitrogen and oxygen atoms in total. The third-order valence-electron chi connectivity index (χ3n) is 4.83. The van der Waals surface area contributed by atoms with Gasteiger partial charge in [-0.1, -0.05) is 36.2 Å². The van der Waals surface area contributed by atoms with Gasteiger partial charge in [0.2, 0.25) is 15.9 Å². The average Bonchev–Trinajstić information content (AvgIpc) is 2.64. The number of hydrogen-bond donors (Lipinski definition) is 1. The maximum absolute atomic E-state index is 13.1. The molecule has 1 saturated heterocycles. The molecule has 0 aromatic heterocycles. The number of anilines is 1. The number of nitrogens with one attached hydrogen (secondary N) is 1. The quantitative estimate of drug-likeness (QED) is 0.808. The number of piperidine rings is 1. The van der Waals surface area contributed by atoms with Gasteiger partial charge in [-0.15, -0.1) is 0 Å². The van der Waals surface area contributed by atoms with Crippen LogP contribution in [0, 0.1) is 6.92 Å². The number of benzene rings is 2. The highest BCUT2D eigenvalue weighted by Crippen LogP contribution is 2.28. The molecule has 0 bridgehead atoms. The van der Waals surface area contributed by atoms with E-state index in [1.54, 1.807) is 12.1 Å². The van der Waals surface area contributed by atoms with Crippen molar-refractivity contribution in [3.63, 3.8) is 0 Å². The second kappa shape index (κ2) is 8.42. The zero-order valence-corrected chi connectivity index (χ0v) is 16.8. The molecular weight excluding hydrogens is 384 g/mol. The fourth-order valence-corrected chi connectivity index (χ4v) is 5.18. The van der Waals surface area contributed by atoms with E-state index in [0.717, 1.165) is 24.1 Å². The number of sulfonamides is 1. The van der Waals surface area contributed by atoms with Crippen LogP contribution in [0.15, 0.2) is 53.4 Å². The molecule has 1 atom stereocenters. The van der Waals surface area contributed by atoms with Crippen molar-refractivity contribution in [2.75, 3.05) is 11.9 Å². The molecule has 1 heterocycles. The monoisotopic (exact) mass is 406 g/mol. The Balaban J connectivity index is 1.76. The van der Waals surface area contributed by atoms with E-state index >= 15 is 0 Å². The van der Waals surface area contributed by atoms with Gasteiger partial charge >= 0.3 is 0 Å². The predicted molar refractivity (Wildman–Crippen MR) is 107 cm³/mol. The number of carbonyl (C=O) groups is 1. The average molecular weight is 407 g/mol. The van der Waals surface area contributed by atoms with Crippen LogP contribution in [0.3, 0.4) is 0 Å². The van der Waals surface area contributed by atoms with Gasteiger partial charge in [0.05, 0.1) is 4.90 Å². The number of nitrogens with zero attached hydrogens (tertiary/aromatic N) is 1. The third kappa shape index (κ3) is 4.69. The van der Waals surface area contributed by atoms with E-state index in [9.17, 15) is 13.2 Å². The second-order valence-corrected chi connectivity index (χ2v) is 9.11. The van der Waals surface area contributed by atoms with Crippen LogP contribution < -0.4 is 5.32 Å². The van der Waals surface area contributed by atoms with Crippen LogP contribution >= 0.6 is 11.6 Å². The number of halogens is 1. The molecule has 144 valence electrons. The van der Waals surface area contributed by atoms with Crippen LogP contribution in [0.1, 0.15) is 31.2 Å². The minimum absolute atomic E-state index is 0.140. The number of amides is 1. The highest BCUT2D eigenvalue weighted by molar-refractivity contribution is 7.89. The zero-order valence-electron chi connectivity index (χ0n) is 15.2. The van der Waals surface area contributed by atoms with E-state index in [0.29, 0.717) is 18.0 Å². The summed E-state index contributed by atoms with van der Waals surface area (Å²) in [6.07, 6.45) is 2.52. The van der Waals surface area contributed by atoms with Gasteiger partial charge in [0.15, 0.2) is 0 Å². The second-order valence-electron chi connectivity index (χ2n) is 6.79. The summed E-state index contributed by atoms with van der Waals surface area (Å²) in [5.74, 6) is -0.174. The SMILES string of the molecule is Cc1ccccc1NC(=O)C[C@@H]1CCCCN1S(=O)(=O)c1ccc(Cl)cc1. The van der Waals surface area contributed by atoms with Crippen LogP contribution in [-0.2, 0) is 14.8 Å². The third-order valence-corrected chi connectivity index (χ3v) is 7.05. The molecule has 1 aliphatic heterocycles. The Bertz CT molecular complexity index is 913.